The molecule has 2 aromatic carbocycles. The highest BCUT2D eigenvalue weighted by atomic mass is 16.5. The molecule has 1 unspecified atom stereocenters. The summed E-state index contributed by atoms with van der Waals surface area (Å²) >= 11 is 0. The Morgan fingerprint density at radius 1 is 1.11 bits per heavy atom. The van der Waals surface area contributed by atoms with Gasteiger partial charge in [-0.3, -0.25) is 9.80 Å². The van der Waals surface area contributed by atoms with E-state index in [9.17, 15) is 4.79 Å². The molecule has 0 aliphatic carbocycles. The Bertz CT molecular complexity index is 1090. The van der Waals surface area contributed by atoms with E-state index in [1.54, 1.807) is 31.4 Å². The normalized spacial score (nSPS) is 25.7. The van der Waals surface area contributed by atoms with Gasteiger partial charge in [0.05, 0.1) is 24.4 Å². The highest BCUT2D eigenvalue weighted by Gasteiger charge is 2.40. The zero-order valence-electron chi connectivity index (χ0n) is 21.0. The highest BCUT2D eigenvalue weighted by molar-refractivity contribution is 5.89. The molecule has 0 spiro atoms. The van der Waals surface area contributed by atoms with Gasteiger partial charge in [0, 0.05) is 57.5 Å². The quantitative estimate of drug-likeness (QED) is 0.623. The van der Waals surface area contributed by atoms with Gasteiger partial charge in [0.15, 0.2) is 0 Å². The summed E-state index contributed by atoms with van der Waals surface area (Å²) in [6, 6.07) is 17.6. The number of piperazine rings is 1. The van der Waals surface area contributed by atoms with Gasteiger partial charge in [-0.25, -0.2) is 4.79 Å². The van der Waals surface area contributed by atoms with Crippen LogP contribution in [0.5, 0.6) is 5.75 Å². The molecule has 4 aliphatic rings. The number of carbonyl (C=O) groups is 1. The lowest BCUT2D eigenvalue weighted by Gasteiger charge is -2.51. The van der Waals surface area contributed by atoms with Crippen LogP contribution in [-0.2, 0) is 0 Å². The number of carbonyl (C=O) groups excluding carboxylic acids is 1. The Kier molecular flexibility index (Phi) is 7.59. The van der Waals surface area contributed by atoms with Gasteiger partial charge >= 0.3 is 6.03 Å². The van der Waals surface area contributed by atoms with Crippen LogP contribution in [0, 0.1) is 23.2 Å². The predicted molar refractivity (Wildman–Crippen MR) is 141 cm³/mol. The third-order valence-electron chi connectivity index (χ3n) is 8.05. The van der Waals surface area contributed by atoms with Gasteiger partial charge in [-0.05, 0) is 61.6 Å². The van der Waals surface area contributed by atoms with E-state index in [-0.39, 0.29) is 6.03 Å². The number of anilines is 2. The van der Waals surface area contributed by atoms with Gasteiger partial charge in [-0.15, -0.1) is 0 Å². The molecule has 0 aromatic heterocycles. The fourth-order valence-electron chi connectivity index (χ4n) is 6.11. The number of fused-ring (bicyclic) bond motifs is 3. The van der Waals surface area contributed by atoms with Crippen molar-refractivity contribution in [3.63, 3.8) is 0 Å². The summed E-state index contributed by atoms with van der Waals surface area (Å²) in [5.41, 5.74) is 2.37. The molecular formula is C28H36N6O2. The van der Waals surface area contributed by atoms with Crippen LogP contribution in [0.4, 0.5) is 16.2 Å². The van der Waals surface area contributed by atoms with E-state index in [0.29, 0.717) is 29.8 Å². The van der Waals surface area contributed by atoms with Crippen molar-refractivity contribution in [1.82, 2.24) is 15.1 Å². The minimum Gasteiger partial charge on any atom is -0.495 e. The maximum atomic E-state index is 12.4. The monoisotopic (exact) mass is 488 g/mol. The molecule has 6 rings (SSSR count). The van der Waals surface area contributed by atoms with Crippen LogP contribution in [0.2, 0.25) is 0 Å². The fourth-order valence-corrected chi connectivity index (χ4v) is 6.11. The van der Waals surface area contributed by atoms with E-state index in [1.165, 1.54) is 12.1 Å². The van der Waals surface area contributed by atoms with Crippen LogP contribution in [0.3, 0.4) is 0 Å². The van der Waals surface area contributed by atoms with Crippen molar-refractivity contribution in [3.8, 4) is 11.8 Å². The number of piperidine rings is 3. The molecule has 2 bridgehead atoms. The second-order valence-corrected chi connectivity index (χ2v) is 10.2. The molecule has 4 heterocycles. The SMILES string of the molecule is COc1ccccc1N1CCN(C[C@H]2CN3CC[C@H]2C[C@@H]3CNC(=O)Nc2cccc(C#N)c2)CC1. The number of nitriles is 1. The molecule has 0 radical (unpaired) electrons. The molecule has 0 saturated carbocycles. The number of urea groups is 1. The lowest BCUT2D eigenvalue weighted by atomic mass is 9.75. The molecule has 4 saturated heterocycles. The third-order valence-corrected chi connectivity index (χ3v) is 8.05. The van der Waals surface area contributed by atoms with Crippen molar-refractivity contribution in [2.24, 2.45) is 11.8 Å². The van der Waals surface area contributed by atoms with Crippen molar-refractivity contribution in [1.29, 1.82) is 5.26 Å². The van der Waals surface area contributed by atoms with Crippen LogP contribution in [0.1, 0.15) is 18.4 Å². The molecule has 2 N–H and O–H groups in total. The number of ether oxygens (including phenoxy) is 1. The number of nitrogens with zero attached hydrogens (tertiary/aromatic N) is 4. The van der Waals surface area contributed by atoms with Gasteiger partial charge in [0.1, 0.15) is 5.75 Å². The minimum absolute atomic E-state index is 0.211. The second kappa shape index (κ2) is 11.2. The van der Waals surface area contributed by atoms with Gasteiger partial charge in [0.2, 0.25) is 0 Å². The first-order valence-corrected chi connectivity index (χ1v) is 13.0. The minimum atomic E-state index is -0.211. The van der Waals surface area contributed by atoms with E-state index < -0.39 is 0 Å². The van der Waals surface area contributed by atoms with Crippen molar-refractivity contribution < 1.29 is 9.53 Å². The summed E-state index contributed by atoms with van der Waals surface area (Å²) in [5, 5.41) is 14.9. The summed E-state index contributed by atoms with van der Waals surface area (Å²) in [6.07, 6.45) is 2.41. The predicted octanol–water partition coefficient (Wildman–Crippen LogP) is 3.22. The zero-order chi connectivity index (χ0) is 24.9. The number of para-hydroxylation sites is 2. The standard InChI is InChI=1S/C28H36N6O2/c1-36-27-8-3-2-7-26(27)33-13-11-32(12-14-33)19-23-20-34-10-9-22(23)16-25(34)18-30-28(35)31-24-6-4-5-21(15-24)17-29/h2-8,15,22-23,25H,9-14,16,18-20H2,1H3,(H2,30,31,35)/t22-,23-,25+/m0/s1. The summed E-state index contributed by atoms with van der Waals surface area (Å²) in [5.74, 6) is 2.38. The van der Waals surface area contributed by atoms with Crippen LogP contribution in [0.25, 0.3) is 0 Å². The summed E-state index contributed by atoms with van der Waals surface area (Å²) in [7, 11) is 1.74. The smallest absolute Gasteiger partial charge is 0.319 e. The van der Waals surface area contributed by atoms with E-state index in [2.05, 4.69) is 43.5 Å². The number of hydrogen-bond donors (Lipinski definition) is 2. The van der Waals surface area contributed by atoms with Crippen LogP contribution in [-0.4, -0.2) is 81.3 Å². The number of amides is 2. The zero-order valence-corrected chi connectivity index (χ0v) is 21.0. The maximum absolute atomic E-state index is 12.4. The van der Waals surface area contributed by atoms with E-state index in [1.807, 2.05) is 12.1 Å². The van der Waals surface area contributed by atoms with Crippen molar-refractivity contribution >= 4 is 17.4 Å². The largest absolute Gasteiger partial charge is 0.495 e. The Labute approximate surface area is 213 Å². The molecule has 190 valence electrons. The van der Waals surface area contributed by atoms with Crippen molar-refractivity contribution in [3.05, 3.63) is 54.1 Å². The molecule has 4 fully saturated rings. The molecule has 4 aliphatic heterocycles. The maximum Gasteiger partial charge on any atom is 0.319 e. The molecule has 2 aromatic rings. The van der Waals surface area contributed by atoms with Gasteiger partial charge in [-0.2, -0.15) is 5.26 Å². The van der Waals surface area contributed by atoms with E-state index >= 15 is 0 Å². The first-order valence-electron chi connectivity index (χ1n) is 13.0. The first kappa shape index (κ1) is 24.4. The number of hydrogen-bond acceptors (Lipinski definition) is 6. The van der Waals surface area contributed by atoms with Crippen molar-refractivity contribution in [2.75, 3.05) is 69.7 Å². The molecule has 2 amide bonds. The van der Waals surface area contributed by atoms with Gasteiger partial charge in [-0.1, -0.05) is 18.2 Å². The average molecular weight is 489 g/mol. The first-order chi connectivity index (χ1) is 17.6. The van der Waals surface area contributed by atoms with Gasteiger partial charge in [0.25, 0.3) is 0 Å². The summed E-state index contributed by atoms with van der Waals surface area (Å²) in [6.45, 7) is 8.29. The molecule has 8 heteroatoms. The average Bonchev–Trinajstić information content (AvgIpc) is 2.93. The lowest BCUT2D eigenvalue weighted by Crippen LogP contribution is -2.59. The number of benzene rings is 2. The summed E-state index contributed by atoms with van der Waals surface area (Å²) < 4.78 is 5.56. The van der Waals surface area contributed by atoms with Crippen LogP contribution in [0.15, 0.2) is 48.5 Å². The topological polar surface area (TPSA) is 83.9 Å². The Morgan fingerprint density at radius 2 is 1.94 bits per heavy atom. The molecule has 4 atom stereocenters. The van der Waals surface area contributed by atoms with E-state index in [0.717, 1.165) is 63.9 Å². The molecule has 8 nitrogen and oxygen atoms in total. The van der Waals surface area contributed by atoms with Crippen molar-refractivity contribution in [2.45, 2.75) is 18.9 Å². The van der Waals surface area contributed by atoms with Crippen LogP contribution >= 0.6 is 0 Å². The second-order valence-electron chi connectivity index (χ2n) is 10.2. The van der Waals surface area contributed by atoms with Crippen LogP contribution < -0.4 is 20.3 Å². The Balaban J connectivity index is 1.07. The number of rotatable bonds is 7. The van der Waals surface area contributed by atoms with Gasteiger partial charge < -0.3 is 20.3 Å². The number of nitrogens with one attached hydrogen (secondary N) is 2. The van der Waals surface area contributed by atoms with E-state index in [4.69, 9.17) is 10.00 Å². The molecular weight excluding hydrogens is 452 g/mol. The molecule has 36 heavy (non-hydrogen) atoms. The Morgan fingerprint density at radius 3 is 2.69 bits per heavy atom. The highest BCUT2D eigenvalue weighted by Crippen LogP contribution is 2.37. The number of methoxy groups -OCH3 is 1. The summed E-state index contributed by atoms with van der Waals surface area (Å²) in [4.78, 5) is 20.1. The fraction of sp³-hybridized carbons (Fsp3) is 0.500. The third kappa shape index (κ3) is 5.58. The lowest BCUT2D eigenvalue weighted by molar-refractivity contribution is -0.0114. The Hall–Kier alpha value is -3.28.